The van der Waals surface area contributed by atoms with E-state index in [-0.39, 0.29) is 11.2 Å². The second-order valence-electron chi connectivity index (χ2n) is 8.47. The highest BCUT2D eigenvalue weighted by atomic mass is 32.1. The number of fused-ring (bicyclic) bond motifs is 3. The molecule has 1 aliphatic carbocycles. The minimum atomic E-state index is -0.418. The van der Waals surface area contributed by atoms with Crippen LogP contribution in [0.5, 0.6) is 5.88 Å². The highest BCUT2D eigenvalue weighted by molar-refractivity contribution is 7.13. The Morgan fingerprint density at radius 2 is 2.13 bits per heavy atom. The van der Waals surface area contributed by atoms with Crippen LogP contribution in [-0.2, 0) is 4.79 Å². The van der Waals surface area contributed by atoms with Gasteiger partial charge in [0.05, 0.1) is 22.6 Å². The lowest BCUT2D eigenvalue weighted by Crippen LogP contribution is -2.33. The summed E-state index contributed by atoms with van der Waals surface area (Å²) in [6.45, 7) is 4.16. The number of furan rings is 1. The number of hydrogen-bond donors (Lipinski definition) is 0. The molecular formula is C22H18N4O3S. The number of thiophene rings is 1. The Labute approximate surface area is 176 Å². The number of allylic oxidation sites excluding steroid dienone is 2. The predicted molar refractivity (Wildman–Crippen MR) is 110 cm³/mol. The van der Waals surface area contributed by atoms with Crippen molar-refractivity contribution in [1.82, 2.24) is 19.6 Å². The maximum atomic E-state index is 13.2. The molecule has 0 amide bonds. The third kappa shape index (κ3) is 2.56. The van der Waals surface area contributed by atoms with Crippen molar-refractivity contribution in [3.63, 3.8) is 0 Å². The van der Waals surface area contributed by atoms with E-state index in [4.69, 9.17) is 14.1 Å². The molecule has 4 aromatic rings. The van der Waals surface area contributed by atoms with Gasteiger partial charge in [0.2, 0.25) is 5.88 Å². The maximum absolute atomic E-state index is 13.2. The SMILES string of the molecule is CC1(C)CC(=O)C2=C(C1)Oc1ncn3nc(-c4cccs4)nc3c1C2c1ccco1. The van der Waals surface area contributed by atoms with Gasteiger partial charge in [-0.3, -0.25) is 4.79 Å². The molecular weight excluding hydrogens is 400 g/mol. The van der Waals surface area contributed by atoms with E-state index in [9.17, 15) is 4.79 Å². The standard InChI is InChI=1S/C22H18N4O3S/c1-22(2)9-12(27)16-14(10-22)29-21-18(17(16)13-5-3-7-28-13)20-24-19(15-6-4-8-30-15)25-26(20)11-23-21/h3-8,11,17H,9-10H2,1-2H3. The summed E-state index contributed by atoms with van der Waals surface area (Å²) in [7, 11) is 0. The fourth-order valence-electron chi connectivity index (χ4n) is 4.40. The minimum Gasteiger partial charge on any atom is -0.468 e. The summed E-state index contributed by atoms with van der Waals surface area (Å²) in [5.74, 6) is 2.09. The molecule has 2 aliphatic rings. The molecule has 1 aliphatic heterocycles. The molecule has 0 saturated carbocycles. The Bertz CT molecular complexity index is 1320. The molecule has 5 heterocycles. The van der Waals surface area contributed by atoms with Gasteiger partial charge in [0.15, 0.2) is 17.3 Å². The van der Waals surface area contributed by atoms with Gasteiger partial charge >= 0.3 is 0 Å². The molecule has 1 unspecified atom stereocenters. The second kappa shape index (κ2) is 6.12. The lowest BCUT2D eigenvalue weighted by Gasteiger charge is -2.36. The van der Waals surface area contributed by atoms with Gasteiger partial charge in [-0.2, -0.15) is 0 Å². The van der Waals surface area contributed by atoms with Crippen LogP contribution >= 0.6 is 11.3 Å². The molecule has 6 rings (SSSR count). The molecule has 150 valence electrons. The number of carbonyl (C=O) groups excluding carboxylic acids is 1. The Kier molecular flexibility index (Phi) is 3.59. The lowest BCUT2D eigenvalue weighted by atomic mass is 9.71. The van der Waals surface area contributed by atoms with Gasteiger partial charge < -0.3 is 9.15 Å². The molecule has 0 radical (unpaired) electrons. The van der Waals surface area contributed by atoms with Crippen molar-refractivity contribution in [3.05, 3.63) is 64.9 Å². The molecule has 0 spiro atoms. The molecule has 8 heteroatoms. The summed E-state index contributed by atoms with van der Waals surface area (Å²) in [6.07, 6.45) is 4.37. The summed E-state index contributed by atoms with van der Waals surface area (Å²) in [4.78, 5) is 23.5. The van der Waals surface area contributed by atoms with Crippen molar-refractivity contribution >= 4 is 22.8 Å². The van der Waals surface area contributed by atoms with E-state index < -0.39 is 5.92 Å². The quantitative estimate of drug-likeness (QED) is 0.473. The van der Waals surface area contributed by atoms with Gasteiger partial charge in [0.1, 0.15) is 17.8 Å². The number of ketones is 1. The summed E-state index contributed by atoms with van der Waals surface area (Å²) in [5, 5.41) is 6.58. The fraction of sp³-hybridized carbons (Fsp3) is 0.273. The molecule has 30 heavy (non-hydrogen) atoms. The number of nitrogens with zero attached hydrogens (tertiary/aromatic N) is 4. The number of ether oxygens (including phenoxy) is 1. The van der Waals surface area contributed by atoms with Crippen LogP contribution in [0.4, 0.5) is 0 Å². The average Bonchev–Trinajstić information content (AvgIpc) is 3.46. The minimum absolute atomic E-state index is 0.0771. The van der Waals surface area contributed by atoms with Crippen molar-refractivity contribution in [2.24, 2.45) is 5.41 Å². The van der Waals surface area contributed by atoms with Crippen LogP contribution in [0.25, 0.3) is 16.3 Å². The van der Waals surface area contributed by atoms with Crippen LogP contribution in [0.3, 0.4) is 0 Å². The summed E-state index contributed by atoms with van der Waals surface area (Å²) >= 11 is 1.57. The van der Waals surface area contributed by atoms with Crippen molar-refractivity contribution in [3.8, 4) is 16.6 Å². The van der Waals surface area contributed by atoms with Crippen molar-refractivity contribution < 1.29 is 13.9 Å². The maximum Gasteiger partial charge on any atom is 0.228 e. The third-order valence-electron chi connectivity index (χ3n) is 5.63. The first-order valence-corrected chi connectivity index (χ1v) is 10.6. The molecule has 0 saturated heterocycles. The summed E-state index contributed by atoms with van der Waals surface area (Å²) in [5.41, 5.74) is 1.82. The van der Waals surface area contributed by atoms with E-state index in [1.54, 1.807) is 28.4 Å². The molecule has 7 nitrogen and oxygen atoms in total. The zero-order valence-electron chi connectivity index (χ0n) is 16.5. The van der Waals surface area contributed by atoms with Gasteiger partial charge in [-0.1, -0.05) is 19.9 Å². The smallest absolute Gasteiger partial charge is 0.228 e. The number of carbonyl (C=O) groups is 1. The highest BCUT2D eigenvalue weighted by Gasteiger charge is 2.45. The first kappa shape index (κ1) is 17.6. The Balaban J connectivity index is 1.61. The van der Waals surface area contributed by atoms with Gasteiger partial charge in [0, 0.05) is 18.4 Å². The van der Waals surface area contributed by atoms with Crippen LogP contribution in [-0.4, -0.2) is 25.4 Å². The number of aromatic nitrogens is 4. The topological polar surface area (TPSA) is 82.5 Å². The van der Waals surface area contributed by atoms with Crippen LogP contribution in [0.1, 0.15) is 43.9 Å². The van der Waals surface area contributed by atoms with E-state index in [1.807, 2.05) is 29.6 Å². The lowest BCUT2D eigenvalue weighted by molar-refractivity contribution is -0.118. The Morgan fingerprint density at radius 3 is 2.90 bits per heavy atom. The third-order valence-corrected chi connectivity index (χ3v) is 6.50. The first-order chi connectivity index (χ1) is 14.5. The van der Waals surface area contributed by atoms with Crippen LogP contribution < -0.4 is 4.74 Å². The van der Waals surface area contributed by atoms with Crippen LogP contribution in [0.15, 0.2) is 58.0 Å². The Hall–Kier alpha value is -3.26. The number of Topliss-reactive ketones (excluding diaryl/α,β-unsaturated/α-hetero) is 1. The van der Waals surface area contributed by atoms with E-state index >= 15 is 0 Å². The first-order valence-electron chi connectivity index (χ1n) is 9.77. The molecule has 0 N–H and O–H groups in total. The normalized spacial score (nSPS) is 20.2. The van der Waals surface area contributed by atoms with E-state index in [2.05, 4.69) is 23.9 Å². The fourth-order valence-corrected chi connectivity index (χ4v) is 5.05. The molecule has 0 bridgehead atoms. The molecule has 0 fully saturated rings. The van der Waals surface area contributed by atoms with E-state index in [0.717, 1.165) is 10.4 Å². The van der Waals surface area contributed by atoms with Crippen LogP contribution in [0.2, 0.25) is 0 Å². The van der Waals surface area contributed by atoms with Crippen molar-refractivity contribution in [2.45, 2.75) is 32.6 Å². The van der Waals surface area contributed by atoms with Crippen molar-refractivity contribution in [2.75, 3.05) is 0 Å². The van der Waals surface area contributed by atoms with Crippen LogP contribution in [0, 0.1) is 5.41 Å². The summed E-state index contributed by atoms with van der Waals surface area (Å²) < 4.78 is 13.6. The average molecular weight is 418 g/mol. The van der Waals surface area contributed by atoms with E-state index in [1.165, 1.54) is 0 Å². The van der Waals surface area contributed by atoms with Gasteiger partial charge in [-0.05, 0) is 29.0 Å². The van der Waals surface area contributed by atoms with Gasteiger partial charge in [-0.25, -0.2) is 14.5 Å². The summed E-state index contributed by atoms with van der Waals surface area (Å²) in [6, 6.07) is 7.66. The van der Waals surface area contributed by atoms with Crippen molar-refractivity contribution in [1.29, 1.82) is 0 Å². The zero-order valence-corrected chi connectivity index (χ0v) is 17.3. The van der Waals surface area contributed by atoms with Gasteiger partial charge in [-0.15, -0.1) is 16.4 Å². The monoisotopic (exact) mass is 418 g/mol. The predicted octanol–water partition coefficient (Wildman–Crippen LogP) is 4.61. The van der Waals surface area contributed by atoms with E-state index in [0.29, 0.717) is 47.3 Å². The zero-order chi connectivity index (χ0) is 20.5. The Morgan fingerprint density at radius 1 is 1.23 bits per heavy atom. The second-order valence-corrected chi connectivity index (χ2v) is 9.42. The molecule has 1 atom stereocenters. The number of rotatable bonds is 2. The van der Waals surface area contributed by atoms with Gasteiger partial charge in [0.25, 0.3) is 0 Å². The largest absolute Gasteiger partial charge is 0.468 e. The molecule has 0 aromatic carbocycles. The number of hydrogen-bond acceptors (Lipinski definition) is 7. The molecule has 4 aromatic heterocycles. The highest BCUT2D eigenvalue weighted by Crippen LogP contribution is 2.50.